The molecule has 0 heterocycles. The summed E-state index contributed by atoms with van der Waals surface area (Å²) in [5, 5.41) is 0. The highest BCUT2D eigenvalue weighted by molar-refractivity contribution is 5.28. The Kier molecular flexibility index (Phi) is 4.93. The van der Waals surface area contributed by atoms with Crippen LogP contribution in [0.25, 0.3) is 0 Å². The highest BCUT2D eigenvalue weighted by Gasteiger charge is 2.12. The lowest BCUT2D eigenvalue weighted by Crippen LogP contribution is -2.13. The average Bonchev–Trinajstić information content (AvgIpc) is 2.48. The molecule has 1 unspecified atom stereocenters. The summed E-state index contributed by atoms with van der Waals surface area (Å²) in [6.07, 6.45) is 0.678. The largest absolute Gasteiger partial charge is 0.486 e. The molecule has 1 atom stereocenters. The Morgan fingerprint density at radius 2 is 1.68 bits per heavy atom. The third kappa shape index (κ3) is 3.80. The van der Waals surface area contributed by atoms with E-state index in [1.54, 1.807) is 24.3 Å². The molecule has 0 amide bonds. The lowest BCUT2D eigenvalue weighted by molar-refractivity contribution is 0.197. The maximum atomic E-state index is 12.4. The van der Waals surface area contributed by atoms with Crippen molar-refractivity contribution in [2.75, 3.05) is 6.54 Å². The lowest BCUT2D eigenvalue weighted by atomic mass is 10.1. The molecular formula is C16H18FNO. The Hall–Kier alpha value is -1.87. The van der Waals surface area contributed by atoms with Gasteiger partial charge in [-0.3, -0.25) is 0 Å². The van der Waals surface area contributed by atoms with E-state index in [9.17, 15) is 4.39 Å². The predicted molar refractivity (Wildman–Crippen MR) is 74.7 cm³/mol. The molecule has 0 aliphatic heterocycles. The highest BCUT2D eigenvalue weighted by Crippen LogP contribution is 2.24. The van der Waals surface area contributed by atoms with Gasteiger partial charge in [-0.1, -0.05) is 42.5 Å². The minimum absolute atomic E-state index is 0.0672. The van der Waals surface area contributed by atoms with Crippen LogP contribution in [0.3, 0.4) is 0 Å². The third-order valence-corrected chi connectivity index (χ3v) is 2.96. The van der Waals surface area contributed by atoms with Gasteiger partial charge in [0.15, 0.2) is 0 Å². The topological polar surface area (TPSA) is 35.2 Å². The van der Waals surface area contributed by atoms with E-state index in [0.717, 1.165) is 17.7 Å². The van der Waals surface area contributed by atoms with Gasteiger partial charge in [-0.05, 0) is 29.8 Å². The van der Waals surface area contributed by atoms with Crippen LogP contribution < -0.4 is 10.5 Å². The average molecular weight is 259 g/mol. The summed E-state index contributed by atoms with van der Waals surface area (Å²) in [6, 6.07) is 17.0. The Balaban J connectivity index is 2.11. The second kappa shape index (κ2) is 6.90. The van der Waals surface area contributed by atoms with Crippen molar-refractivity contribution in [2.24, 2.45) is 5.73 Å². The summed E-state index contributed by atoms with van der Waals surface area (Å²) in [5.41, 5.74) is 7.39. The number of ether oxygens (including phenoxy) is 1. The summed E-state index contributed by atoms with van der Waals surface area (Å²) in [4.78, 5) is 0. The summed E-state index contributed by atoms with van der Waals surface area (Å²) in [6.45, 7) is 0.104. The van der Waals surface area contributed by atoms with Crippen molar-refractivity contribution in [3.8, 4) is 5.75 Å². The van der Waals surface area contributed by atoms with Gasteiger partial charge in [-0.2, -0.15) is 0 Å². The van der Waals surface area contributed by atoms with E-state index in [1.807, 2.05) is 30.3 Å². The smallest absolute Gasteiger partial charge is 0.125 e. The third-order valence-electron chi connectivity index (χ3n) is 2.96. The zero-order chi connectivity index (χ0) is 13.5. The van der Waals surface area contributed by atoms with Crippen molar-refractivity contribution in [1.82, 2.24) is 0 Å². The van der Waals surface area contributed by atoms with Gasteiger partial charge in [-0.25, -0.2) is 4.39 Å². The van der Waals surface area contributed by atoms with Crippen LogP contribution in [-0.4, -0.2) is 6.54 Å². The number of alkyl halides is 1. The zero-order valence-electron chi connectivity index (χ0n) is 10.8. The lowest BCUT2D eigenvalue weighted by Gasteiger charge is -2.19. The first-order valence-corrected chi connectivity index (χ1v) is 6.40. The van der Waals surface area contributed by atoms with Gasteiger partial charge >= 0.3 is 0 Å². The standard InChI is InChI=1S/C16H18FNO/c17-12-13-6-8-15(9-7-13)19-16(10-11-18)14-4-2-1-3-5-14/h1-9,16H,10-12,18H2. The molecule has 2 N–H and O–H groups in total. The quantitative estimate of drug-likeness (QED) is 0.859. The number of rotatable bonds is 6. The fourth-order valence-electron chi connectivity index (χ4n) is 1.93. The van der Waals surface area contributed by atoms with Gasteiger partial charge in [0.25, 0.3) is 0 Å². The van der Waals surface area contributed by atoms with Crippen molar-refractivity contribution in [1.29, 1.82) is 0 Å². The summed E-state index contributed by atoms with van der Waals surface area (Å²) < 4.78 is 18.4. The molecule has 0 aliphatic carbocycles. The van der Waals surface area contributed by atoms with E-state index < -0.39 is 6.67 Å². The van der Waals surface area contributed by atoms with E-state index in [0.29, 0.717) is 12.1 Å². The van der Waals surface area contributed by atoms with Crippen molar-refractivity contribution in [3.05, 3.63) is 65.7 Å². The maximum Gasteiger partial charge on any atom is 0.125 e. The van der Waals surface area contributed by atoms with Crippen LogP contribution >= 0.6 is 0 Å². The maximum absolute atomic E-state index is 12.4. The van der Waals surface area contributed by atoms with Gasteiger partial charge in [-0.15, -0.1) is 0 Å². The van der Waals surface area contributed by atoms with E-state index in [-0.39, 0.29) is 6.10 Å². The van der Waals surface area contributed by atoms with Gasteiger partial charge in [0.2, 0.25) is 0 Å². The number of hydrogen-bond donors (Lipinski definition) is 1. The summed E-state index contributed by atoms with van der Waals surface area (Å²) in [5.74, 6) is 0.736. The van der Waals surface area contributed by atoms with E-state index in [4.69, 9.17) is 10.5 Å². The molecule has 3 heteroatoms. The number of hydrogen-bond acceptors (Lipinski definition) is 2. The Bertz CT molecular complexity index is 484. The van der Waals surface area contributed by atoms with Crippen molar-refractivity contribution >= 4 is 0 Å². The molecule has 0 fully saturated rings. The molecule has 0 saturated heterocycles. The Morgan fingerprint density at radius 3 is 2.26 bits per heavy atom. The predicted octanol–water partition coefficient (Wildman–Crippen LogP) is 3.63. The Morgan fingerprint density at radius 1 is 1.00 bits per heavy atom. The van der Waals surface area contributed by atoms with Gasteiger partial charge in [0, 0.05) is 6.42 Å². The monoisotopic (exact) mass is 259 g/mol. The van der Waals surface area contributed by atoms with Crippen molar-refractivity contribution < 1.29 is 9.13 Å². The molecule has 2 aromatic carbocycles. The molecule has 0 bridgehead atoms. The molecule has 2 nitrogen and oxygen atoms in total. The van der Waals surface area contributed by atoms with Gasteiger partial charge < -0.3 is 10.5 Å². The first-order chi connectivity index (χ1) is 9.33. The van der Waals surface area contributed by atoms with Crippen molar-refractivity contribution in [3.63, 3.8) is 0 Å². The fraction of sp³-hybridized carbons (Fsp3) is 0.250. The molecule has 19 heavy (non-hydrogen) atoms. The van der Waals surface area contributed by atoms with E-state index in [1.165, 1.54) is 0 Å². The number of halogens is 1. The first-order valence-electron chi connectivity index (χ1n) is 6.40. The second-order valence-corrected chi connectivity index (χ2v) is 4.37. The van der Waals surface area contributed by atoms with Gasteiger partial charge in [0.1, 0.15) is 18.5 Å². The number of nitrogens with two attached hydrogens (primary N) is 1. The van der Waals surface area contributed by atoms with Crippen LogP contribution in [0.15, 0.2) is 54.6 Å². The van der Waals surface area contributed by atoms with Crippen LogP contribution in [0.5, 0.6) is 5.75 Å². The molecule has 2 rings (SSSR count). The van der Waals surface area contributed by atoms with Crippen LogP contribution in [0.1, 0.15) is 23.7 Å². The SMILES string of the molecule is NCCC(Oc1ccc(CF)cc1)c1ccccc1. The molecule has 0 radical (unpaired) electrons. The Labute approximate surface area is 113 Å². The van der Waals surface area contributed by atoms with E-state index in [2.05, 4.69) is 0 Å². The minimum Gasteiger partial charge on any atom is -0.486 e. The minimum atomic E-state index is -0.453. The summed E-state index contributed by atoms with van der Waals surface area (Å²) >= 11 is 0. The van der Waals surface area contributed by atoms with Crippen LogP contribution in [0.2, 0.25) is 0 Å². The highest BCUT2D eigenvalue weighted by atomic mass is 19.1. The first kappa shape index (κ1) is 13.6. The fourth-order valence-corrected chi connectivity index (χ4v) is 1.93. The molecule has 0 saturated carbocycles. The van der Waals surface area contributed by atoms with Crippen LogP contribution in [0, 0.1) is 0 Å². The molecule has 100 valence electrons. The molecular weight excluding hydrogens is 241 g/mol. The molecule has 0 aromatic heterocycles. The summed E-state index contributed by atoms with van der Waals surface area (Å²) in [7, 11) is 0. The zero-order valence-corrected chi connectivity index (χ0v) is 10.8. The van der Waals surface area contributed by atoms with Crippen LogP contribution in [0.4, 0.5) is 4.39 Å². The molecule has 0 aliphatic rings. The normalized spacial score (nSPS) is 12.1. The van der Waals surface area contributed by atoms with Crippen molar-refractivity contribution in [2.45, 2.75) is 19.2 Å². The van der Waals surface area contributed by atoms with E-state index >= 15 is 0 Å². The molecule has 0 spiro atoms. The van der Waals surface area contributed by atoms with Crippen LogP contribution in [-0.2, 0) is 6.67 Å². The van der Waals surface area contributed by atoms with Gasteiger partial charge in [0.05, 0.1) is 0 Å². The number of benzene rings is 2. The molecule has 2 aromatic rings. The second-order valence-electron chi connectivity index (χ2n) is 4.37.